The van der Waals surface area contributed by atoms with Crippen LogP contribution in [-0.4, -0.2) is 20.4 Å². The van der Waals surface area contributed by atoms with Crippen LogP contribution in [0.15, 0.2) is 83.7 Å². The lowest BCUT2D eigenvalue weighted by atomic mass is 9.87. The van der Waals surface area contributed by atoms with Gasteiger partial charge in [0.2, 0.25) is 0 Å². The number of aromatic nitrogens is 1. The fourth-order valence-corrected chi connectivity index (χ4v) is 4.91. The summed E-state index contributed by atoms with van der Waals surface area (Å²) >= 11 is 0. The average molecular weight is 449 g/mol. The van der Waals surface area contributed by atoms with Crippen LogP contribution in [0.3, 0.4) is 0 Å². The predicted octanol–water partition coefficient (Wildman–Crippen LogP) is 5.10. The summed E-state index contributed by atoms with van der Waals surface area (Å²) in [7, 11) is -1.93. The molecule has 0 saturated carbocycles. The molecular formula is C25H28N4O2S. The molecule has 32 heavy (non-hydrogen) atoms. The number of rotatable bonds is 5. The molecule has 0 unspecified atom stereocenters. The number of nitrogens with zero attached hydrogens (tertiary/aromatic N) is 3. The lowest BCUT2D eigenvalue weighted by Crippen LogP contribution is -2.43. The Labute approximate surface area is 189 Å². The van der Waals surface area contributed by atoms with E-state index in [0.29, 0.717) is 5.82 Å². The zero-order chi connectivity index (χ0) is 23.3. The van der Waals surface area contributed by atoms with Crippen LogP contribution in [0.4, 0.5) is 11.4 Å². The van der Waals surface area contributed by atoms with Gasteiger partial charge < -0.3 is 0 Å². The van der Waals surface area contributed by atoms with Crippen molar-refractivity contribution < 1.29 is 8.42 Å². The third-order valence-electron chi connectivity index (χ3n) is 5.48. The van der Waals surface area contributed by atoms with Crippen molar-refractivity contribution in [2.45, 2.75) is 38.0 Å². The molecule has 0 bridgehead atoms. The number of hydrogen-bond donors (Lipinski definition) is 1. The Morgan fingerprint density at radius 1 is 1.06 bits per heavy atom. The topological polar surface area (TPSA) is 65.5 Å². The minimum Gasteiger partial charge on any atom is -0.282 e. The number of pyridine rings is 1. The van der Waals surface area contributed by atoms with Gasteiger partial charge in [-0.05, 0) is 54.3 Å². The molecule has 0 saturated heterocycles. The Morgan fingerprint density at radius 2 is 1.75 bits per heavy atom. The molecule has 3 aromatic rings. The fraction of sp³-hybridized carbons (Fsp3) is 0.240. The van der Waals surface area contributed by atoms with Gasteiger partial charge in [0.1, 0.15) is 5.82 Å². The number of sulfonamides is 1. The molecule has 7 heteroatoms. The molecule has 2 heterocycles. The second-order valence-corrected chi connectivity index (χ2v) is 10.8. The van der Waals surface area contributed by atoms with Gasteiger partial charge in [-0.15, -0.1) is 0 Å². The first-order valence-electron chi connectivity index (χ1n) is 10.4. The summed E-state index contributed by atoms with van der Waals surface area (Å²) in [5.74, 6) is 0.392. The molecule has 1 N–H and O–H groups in total. The lowest BCUT2D eigenvalue weighted by Gasteiger charge is -2.31. The summed E-state index contributed by atoms with van der Waals surface area (Å²) in [6.07, 6.45) is 3.49. The maximum absolute atomic E-state index is 13.3. The first-order valence-corrected chi connectivity index (χ1v) is 11.9. The van der Waals surface area contributed by atoms with Gasteiger partial charge in [0.15, 0.2) is 0 Å². The smallest absolute Gasteiger partial charge is 0.263 e. The highest BCUT2D eigenvalue weighted by atomic mass is 32.2. The third-order valence-corrected chi connectivity index (χ3v) is 6.85. The van der Waals surface area contributed by atoms with E-state index in [-0.39, 0.29) is 10.3 Å². The Hall–Kier alpha value is -3.32. The van der Waals surface area contributed by atoms with Gasteiger partial charge in [-0.1, -0.05) is 51.1 Å². The summed E-state index contributed by atoms with van der Waals surface area (Å²) in [5, 5.41) is 4.73. The Morgan fingerprint density at radius 3 is 2.38 bits per heavy atom. The van der Waals surface area contributed by atoms with Crippen LogP contribution >= 0.6 is 0 Å². The molecule has 1 aliphatic heterocycles. The van der Waals surface area contributed by atoms with Crippen LogP contribution in [0, 0.1) is 0 Å². The molecule has 0 aliphatic carbocycles. The molecule has 0 radical (unpaired) electrons. The standard InChI is InChI=1S/C25H28N4O2S/c1-17(2)16-23(27-32(30,31)19-12-10-18(11-13-19)25(3,4)5)29-22-9-7-8-20-24(22)21(28(29)6)14-15-26-20/h7-16,27H,1H2,2-6H3/b23-16-. The van der Waals surface area contributed by atoms with Gasteiger partial charge in [-0.2, -0.15) is 0 Å². The Kier molecular flexibility index (Phi) is 5.25. The SMILES string of the molecule is C=C(C)/C=C(/NS(=O)(=O)c1ccc(C(C)(C)C)cc1)N1c2cccc3nccc(c23)N1C. The van der Waals surface area contributed by atoms with Crippen molar-refractivity contribution in [3.8, 4) is 0 Å². The van der Waals surface area contributed by atoms with E-state index >= 15 is 0 Å². The van der Waals surface area contributed by atoms with Crippen LogP contribution < -0.4 is 14.7 Å². The van der Waals surface area contributed by atoms with Crippen molar-refractivity contribution in [1.29, 1.82) is 0 Å². The van der Waals surface area contributed by atoms with Crippen molar-refractivity contribution in [3.05, 3.63) is 84.3 Å². The van der Waals surface area contributed by atoms with E-state index in [9.17, 15) is 8.42 Å². The first-order chi connectivity index (χ1) is 15.0. The number of anilines is 2. The van der Waals surface area contributed by atoms with Gasteiger partial charge in [-0.25, -0.2) is 13.4 Å². The Bertz CT molecular complexity index is 1330. The molecule has 0 spiro atoms. The second kappa shape index (κ2) is 7.67. The molecule has 0 amide bonds. The van der Waals surface area contributed by atoms with E-state index in [2.05, 4.69) is 37.1 Å². The highest BCUT2D eigenvalue weighted by molar-refractivity contribution is 7.89. The van der Waals surface area contributed by atoms with E-state index in [1.54, 1.807) is 24.4 Å². The maximum atomic E-state index is 13.3. The van der Waals surface area contributed by atoms with Crippen molar-refractivity contribution in [1.82, 2.24) is 9.71 Å². The summed E-state index contributed by atoms with van der Waals surface area (Å²) in [5.41, 5.74) is 4.39. The molecule has 1 aromatic heterocycles. The molecule has 2 aromatic carbocycles. The van der Waals surface area contributed by atoms with E-state index in [1.807, 2.05) is 60.4 Å². The number of nitrogens with one attached hydrogen (secondary N) is 1. The summed E-state index contributed by atoms with van der Waals surface area (Å²) in [4.78, 5) is 4.66. The molecule has 0 atom stereocenters. The monoisotopic (exact) mass is 448 g/mol. The van der Waals surface area contributed by atoms with E-state index < -0.39 is 10.0 Å². The minimum atomic E-state index is -3.83. The van der Waals surface area contributed by atoms with Crippen molar-refractivity contribution >= 4 is 32.3 Å². The zero-order valence-corrected chi connectivity index (χ0v) is 19.9. The van der Waals surface area contributed by atoms with Crippen LogP contribution in [0.1, 0.15) is 33.3 Å². The fourth-order valence-electron chi connectivity index (χ4n) is 3.87. The normalized spacial score (nSPS) is 14.2. The average Bonchev–Trinajstić information content (AvgIpc) is 3.00. The summed E-state index contributed by atoms with van der Waals surface area (Å²) < 4.78 is 29.4. The van der Waals surface area contributed by atoms with E-state index in [4.69, 9.17) is 0 Å². The molecular weight excluding hydrogens is 420 g/mol. The van der Waals surface area contributed by atoms with E-state index in [0.717, 1.165) is 33.4 Å². The molecule has 4 rings (SSSR count). The number of hydrogen-bond acceptors (Lipinski definition) is 5. The zero-order valence-electron chi connectivity index (χ0n) is 19.0. The Balaban J connectivity index is 1.75. The van der Waals surface area contributed by atoms with Crippen molar-refractivity contribution in [3.63, 3.8) is 0 Å². The minimum absolute atomic E-state index is 0.0580. The number of benzene rings is 2. The maximum Gasteiger partial charge on any atom is 0.263 e. The molecule has 166 valence electrons. The first kappa shape index (κ1) is 21.9. The largest absolute Gasteiger partial charge is 0.282 e. The van der Waals surface area contributed by atoms with Gasteiger partial charge in [-0.3, -0.25) is 14.7 Å². The van der Waals surface area contributed by atoms with Gasteiger partial charge in [0, 0.05) is 13.2 Å². The van der Waals surface area contributed by atoms with Gasteiger partial charge in [0.25, 0.3) is 10.0 Å². The molecule has 1 aliphatic rings. The van der Waals surface area contributed by atoms with Crippen LogP contribution in [0.5, 0.6) is 0 Å². The van der Waals surface area contributed by atoms with Gasteiger partial charge in [0.05, 0.1) is 27.2 Å². The van der Waals surface area contributed by atoms with Crippen LogP contribution in [-0.2, 0) is 15.4 Å². The highest BCUT2D eigenvalue weighted by Crippen LogP contribution is 2.42. The summed E-state index contributed by atoms with van der Waals surface area (Å²) in [6.45, 7) is 12.1. The van der Waals surface area contributed by atoms with E-state index in [1.165, 1.54) is 0 Å². The highest BCUT2D eigenvalue weighted by Gasteiger charge is 2.31. The number of allylic oxidation sites excluding steroid dienone is 2. The molecule has 6 nitrogen and oxygen atoms in total. The quantitative estimate of drug-likeness (QED) is 0.550. The summed E-state index contributed by atoms with van der Waals surface area (Å²) in [6, 6.07) is 14.8. The number of hydrazine groups is 1. The predicted molar refractivity (Wildman–Crippen MR) is 131 cm³/mol. The van der Waals surface area contributed by atoms with Gasteiger partial charge >= 0.3 is 0 Å². The second-order valence-electron chi connectivity index (χ2n) is 9.09. The lowest BCUT2D eigenvalue weighted by molar-refractivity contribution is 0.582. The van der Waals surface area contributed by atoms with Crippen LogP contribution in [0.25, 0.3) is 10.9 Å². The van der Waals surface area contributed by atoms with Crippen molar-refractivity contribution in [2.24, 2.45) is 0 Å². The molecule has 0 fully saturated rings. The third kappa shape index (κ3) is 3.84. The van der Waals surface area contributed by atoms with Crippen molar-refractivity contribution in [2.75, 3.05) is 17.1 Å². The van der Waals surface area contributed by atoms with Crippen LogP contribution in [0.2, 0.25) is 0 Å².